The molecule has 1 amide bonds. The van der Waals surface area contributed by atoms with Crippen LogP contribution < -0.4 is 15.6 Å². The van der Waals surface area contributed by atoms with Crippen molar-refractivity contribution in [3.05, 3.63) is 80.4 Å². The predicted octanol–water partition coefficient (Wildman–Crippen LogP) is 2.35. The second-order valence-electron chi connectivity index (χ2n) is 5.38. The molecule has 140 valence electrons. The fraction of sp³-hybridized carbons (Fsp3) is 0.118. The zero-order valence-electron chi connectivity index (χ0n) is 14.3. The van der Waals surface area contributed by atoms with Gasteiger partial charge in [-0.3, -0.25) is 35.9 Å². The number of amides is 1. The fourth-order valence-electron chi connectivity index (χ4n) is 2.21. The van der Waals surface area contributed by atoms with Crippen LogP contribution in [0.25, 0.3) is 5.70 Å². The van der Waals surface area contributed by atoms with Crippen LogP contribution in [0.4, 0.5) is 11.4 Å². The molecule has 27 heavy (non-hydrogen) atoms. The number of carbonyl (C=O) groups excluding carboxylic acids is 1. The van der Waals surface area contributed by atoms with Crippen molar-refractivity contribution in [2.45, 2.75) is 6.42 Å². The number of nitrogens with zero attached hydrogens (tertiary/aromatic N) is 2. The number of ether oxygens (including phenoxy) is 1. The maximum Gasteiger partial charge on any atom is 0.279 e. The number of methoxy groups -OCH3 is 1. The first-order valence-corrected chi connectivity index (χ1v) is 7.61. The minimum Gasteiger partial charge on any atom is -0.497 e. The highest BCUT2D eigenvalue weighted by molar-refractivity contribution is 5.80. The summed E-state index contributed by atoms with van der Waals surface area (Å²) in [4.78, 5) is 32.4. The molecule has 10 heteroatoms. The van der Waals surface area contributed by atoms with E-state index in [1.165, 1.54) is 6.07 Å². The number of nitro benzene ring substituents is 2. The summed E-state index contributed by atoms with van der Waals surface area (Å²) in [5.74, 6) is 0.0997. The molecule has 2 aromatic rings. The normalized spacial score (nSPS) is 9.96. The summed E-state index contributed by atoms with van der Waals surface area (Å²) in [6.45, 7) is 3.79. The van der Waals surface area contributed by atoms with Crippen LogP contribution in [0.5, 0.6) is 5.75 Å². The van der Waals surface area contributed by atoms with E-state index < -0.39 is 27.1 Å². The molecule has 0 aliphatic carbocycles. The SMILES string of the molecule is C=C(NNC(=O)Cc1ccc([N+](=O)[O-])cc1[N+](=O)[O-])c1ccc(OC)cc1. The molecule has 2 N–H and O–H groups in total. The molecule has 10 nitrogen and oxygen atoms in total. The van der Waals surface area contributed by atoms with Gasteiger partial charge in [0.05, 0.1) is 35.1 Å². The van der Waals surface area contributed by atoms with Crippen LogP contribution in [0.3, 0.4) is 0 Å². The summed E-state index contributed by atoms with van der Waals surface area (Å²) in [6.07, 6.45) is -0.336. The van der Waals surface area contributed by atoms with Crippen LogP contribution in [-0.4, -0.2) is 22.9 Å². The zero-order valence-corrected chi connectivity index (χ0v) is 14.3. The van der Waals surface area contributed by atoms with Crippen molar-refractivity contribution in [1.29, 1.82) is 0 Å². The third-order valence-electron chi connectivity index (χ3n) is 3.62. The lowest BCUT2D eigenvalue weighted by Gasteiger charge is -2.12. The Kier molecular flexibility index (Phi) is 6.05. The lowest BCUT2D eigenvalue weighted by molar-refractivity contribution is -0.394. The lowest BCUT2D eigenvalue weighted by Crippen LogP contribution is -2.37. The van der Waals surface area contributed by atoms with Crippen LogP contribution in [0.15, 0.2) is 49.0 Å². The van der Waals surface area contributed by atoms with Crippen LogP contribution >= 0.6 is 0 Å². The number of rotatable bonds is 8. The molecule has 0 aromatic heterocycles. The first-order chi connectivity index (χ1) is 12.8. The highest BCUT2D eigenvalue weighted by atomic mass is 16.6. The quantitative estimate of drug-likeness (QED) is 0.536. The monoisotopic (exact) mass is 372 g/mol. The van der Waals surface area contributed by atoms with E-state index in [4.69, 9.17) is 4.74 Å². The largest absolute Gasteiger partial charge is 0.497 e. The maximum atomic E-state index is 12.1. The fourth-order valence-corrected chi connectivity index (χ4v) is 2.21. The van der Waals surface area contributed by atoms with E-state index in [-0.39, 0.29) is 12.0 Å². The number of nitrogens with one attached hydrogen (secondary N) is 2. The van der Waals surface area contributed by atoms with Gasteiger partial charge in [-0.2, -0.15) is 0 Å². The van der Waals surface area contributed by atoms with Crippen LogP contribution in [0.2, 0.25) is 0 Å². The minimum atomic E-state index is -0.765. The molecule has 2 aromatic carbocycles. The molecule has 0 bridgehead atoms. The van der Waals surface area contributed by atoms with Crippen molar-refractivity contribution < 1.29 is 19.4 Å². The van der Waals surface area contributed by atoms with E-state index in [1.54, 1.807) is 31.4 Å². The van der Waals surface area contributed by atoms with Gasteiger partial charge in [-0.15, -0.1) is 0 Å². The summed E-state index contributed by atoms with van der Waals surface area (Å²) in [5.41, 5.74) is 5.26. The van der Waals surface area contributed by atoms with E-state index >= 15 is 0 Å². The number of hydrogen-bond donors (Lipinski definition) is 2. The average molecular weight is 372 g/mol. The summed E-state index contributed by atoms with van der Waals surface area (Å²) < 4.78 is 5.05. The first kappa shape index (κ1) is 19.4. The summed E-state index contributed by atoms with van der Waals surface area (Å²) in [7, 11) is 1.54. The molecule has 0 radical (unpaired) electrons. The minimum absolute atomic E-state index is 0.0555. The van der Waals surface area contributed by atoms with Gasteiger partial charge >= 0.3 is 0 Å². The molecule has 0 atom stereocenters. The molecule has 0 aliphatic heterocycles. The van der Waals surface area contributed by atoms with Crippen molar-refractivity contribution in [1.82, 2.24) is 10.9 Å². The molecule has 2 rings (SSSR count). The molecule has 0 heterocycles. The van der Waals surface area contributed by atoms with Gasteiger partial charge in [0.15, 0.2) is 0 Å². The topological polar surface area (TPSA) is 137 Å². The van der Waals surface area contributed by atoms with Crippen molar-refractivity contribution in [2.24, 2.45) is 0 Å². The van der Waals surface area contributed by atoms with Crippen LogP contribution in [0.1, 0.15) is 11.1 Å². The molecule has 0 unspecified atom stereocenters. The molecule has 0 spiro atoms. The van der Waals surface area contributed by atoms with Crippen molar-refractivity contribution >= 4 is 23.0 Å². The van der Waals surface area contributed by atoms with E-state index in [1.807, 2.05) is 0 Å². The smallest absolute Gasteiger partial charge is 0.279 e. The Morgan fingerprint density at radius 2 is 1.74 bits per heavy atom. The third-order valence-corrected chi connectivity index (χ3v) is 3.62. The Labute approximate surface area is 153 Å². The third kappa shape index (κ3) is 5.01. The van der Waals surface area contributed by atoms with Gasteiger partial charge in [-0.25, -0.2) is 0 Å². The van der Waals surface area contributed by atoms with Gasteiger partial charge in [-0.05, 0) is 35.9 Å². The van der Waals surface area contributed by atoms with Gasteiger partial charge < -0.3 is 4.74 Å². The highest BCUT2D eigenvalue weighted by Gasteiger charge is 2.21. The number of carbonyl (C=O) groups is 1. The van der Waals surface area contributed by atoms with Gasteiger partial charge in [0, 0.05) is 11.6 Å². The number of non-ortho nitro benzene ring substituents is 1. The standard InChI is InChI=1S/C17H16N4O6/c1-11(12-4-7-15(27-2)8-5-12)18-19-17(22)9-13-3-6-14(20(23)24)10-16(13)21(25)26/h3-8,10,18H,1,9H2,2H3,(H,19,22). The van der Waals surface area contributed by atoms with E-state index in [0.717, 1.165) is 12.1 Å². The number of benzene rings is 2. The van der Waals surface area contributed by atoms with E-state index in [0.29, 0.717) is 17.0 Å². The van der Waals surface area contributed by atoms with Crippen molar-refractivity contribution in [2.75, 3.05) is 7.11 Å². The number of nitro groups is 2. The number of hydrazine groups is 1. The molecule has 0 fully saturated rings. The molecular formula is C17H16N4O6. The molecule has 0 saturated heterocycles. The van der Waals surface area contributed by atoms with Crippen LogP contribution in [0, 0.1) is 20.2 Å². The van der Waals surface area contributed by atoms with E-state index in [2.05, 4.69) is 17.4 Å². The summed E-state index contributed by atoms with van der Waals surface area (Å²) in [6, 6.07) is 10.1. The van der Waals surface area contributed by atoms with Crippen LogP contribution in [-0.2, 0) is 11.2 Å². The van der Waals surface area contributed by atoms with Gasteiger partial charge in [0.1, 0.15) is 5.75 Å². The molecule has 0 saturated carbocycles. The van der Waals surface area contributed by atoms with E-state index in [9.17, 15) is 25.0 Å². The summed E-state index contributed by atoms with van der Waals surface area (Å²) >= 11 is 0. The van der Waals surface area contributed by atoms with Crippen molar-refractivity contribution in [3.8, 4) is 5.75 Å². The summed E-state index contributed by atoms with van der Waals surface area (Å²) in [5, 5.41) is 21.8. The maximum absolute atomic E-state index is 12.1. The first-order valence-electron chi connectivity index (χ1n) is 7.61. The Morgan fingerprint density at radius 3 is 2.30 bits per heavy atom. The van der Waals surface area contributed by atoms with Crippen molar-refractivity contribution in [3.63, 3.8) is 0 Å². The predicted molar refractivity (Wildman–Crippen MR) is 96.8 cm³/mol. The van der Waals surface area contributed by atoms with Gasteiger partial charge in [0.25, 0.3) is 11.4 Å². The molecular weight excluding hydrogens is 356 g/mol. The van der Waals surface area contributed by atoms with Gasteiger partial charge in [-0.1, -0.05) is 6.58 Å². The Bertz CT molecular complexity index is 895. The highest BCUT2D eigenvalue weighted by Crippen LogP contribution is 2.25. The average Bonchev–Trinajstić information content (AvgIpc) is 2.66. The van der Waals surface area contributed by atoms with Gasteiger partial charge in [0.2, 0.25) is 5.91 Å². The second kappa shape index (κ2) is 8.43. The Hall–Kier alpha value is -3.95. The molecule has 0 aliphatic rings. The second-order valence-corrected chi connectivity index (χ2v) is 5.38. The Balaban J connectivity index is 2.01. The number of hydrogen-bond acceptors (Lipinski definition) is 7. The zero-order chi connectivity index (χ0) is 20.0. The lowest BCUT2D eigenvalue weighted by atomic mass is 10.1. The Morgan fingerprint density at radius 1 is 1.07 bits per heavy atom.